The molecule has 3 rings (SSSR count). The second kappa shape index (κ2) is 6.86. The number of sulfonamides is 1. The second-order valence-corrected chi connectivity index (χ2v) is 8.07. The lowest BCUT2D eigenvalue weighted by atomic mass is 10.1. The third kappa shape index (κ3) is 3.27. The number of pyridine rings is 1. The van der Waals surface area contributed by atoms with Crippen LogP contribution in [-0.2, 0) is 14.8 Å². The molecule has 0 saturated carbocycles. The van der Waals surface area contributed by atoms with Gasteiger partial charge in [0.2, 0.25) is 15.9 Å². The van der Waals surface area contributed by atoms with E-state index >= 15 is 0 Å². The van der Waals surface area contributed by atoms with E-state index in [0.717, 1.165) is 29.0 Å². The van der Waals surface area contributed by atoms with Gasteiger partial charge in [0.05, 0.1) is 11.4 Å². The molecule has 0 atom stereocenters. The predicted octanol–water partition coefficient (Wildman–Crippen LogP) is 1.87. The van der Waals surface area contributed by atoms with Gasteiger partial charge in [-0.3, -0.25) is 9.78 Å². The van der Waals surface area contributed by atoms with E-state index in [-0.39, 0.29) is 17.3 Å². The van der Waals surface area contributed by atoms with Gasteiger partial charge < -0.3 is 4.90 Å². The number of likely N-dealkylation sites (N-methyl/N-ethyl adjacent to an activating group) is 1. The molecule has 0 spiro atoms. The summed E-state index contributed by atoms with van der Waals surface area (Å²) in [5, 5.41) is 1.37. The average molecular weight is 347 g/mol. The Labute approximate surface area is 142 Å². The first kappa shape index (κ1) is 16.9. The number of fused-ring (bicyclic) bond motifs is 1. The minimum absolute atomic E-state index is 0.135. The van der Waals surface area contributed by atoms with Gasteiger partial charge in [0.15, 0.2) is 0 Å². The van der Waals surface area contributed by atoms with Crippen molar-refractivity contribution in [1.82, 2.24) is 14.2 Å². The van der Waals surface area contributed by atoms with Crippen LogP contribution in [0.1, 0.15) is 19.3 Å². The molecule has 7 heteroatoms. The van der Waals surface area contributed by atoms with Crippen LogP contribution in [0.4, 0.5) is 0 Å². The largest absolute Gasteiger partial charge is 0.342 e. The van der Waals surface area contributed by atoms with Crippen molar-refractivity contribution in [3.8, 4) is 0 Å². The van der Waals surface area contributed by atoms with Gasteiger partial charge in [-0.2, -0.15) is 4.31 Å². The topological polar surface area (TPSA) is 70.6 Å². The Balaban J connectivity index is 1.85. The molecule has 1 fully saturated rings. The molecule has 0 unspecified atom stereocenters. The SMILES string of the molecule is CN(CC(=O)N1CCCCC1)S(=O)(=O)c1cccc2cnccc12. The Morgan fingerprint density at radius 2 is 1.96 bits per heavy atom. The van der Waals surface area contributed by atoms with Crippen LogP contribution < -0.4 is 0 Å². The van der Waals surface area contributed by atoms with E-state index in [1.807, 2.05) is 6.07 Å². The van der Waals surface area contributed by atoms with Crippen molar-refractivity contribution in [2.45, 2.75) is 24.2 Å². The lowest BCUT2D eigenvalue weighted by Gasteiger charge is -2.28. The fourth-order valence-corrected chi connectivity index (χ4v) is 4.33. The van der Waals surface area contributed by atoms with Crippen LogP contribution in [0, 0.1) is 0 Å². The number of carbonyl (C=O) groups excluding carboxylic acids is 1. The van der Waals surface area contributed by atoms with E-state index in [1.165, 1.54) is 7.05 Å². The standard InChI is InChI=1S/C17H21N3O3S/c1-19(13-17(21)20-10-3-2-4-11-20)24(22,23)16-7-5-6-14-12-18-9-8-15(14)16/h5-9,12H,2-4,10-11,13H2,1H3. The molecule has 1 aromatic heterocycles. The molecule has 2 aromatic rings. The molecule has 1 saturated heterocycles. The van der Waals surface area contributed by atoms with E-state index in [2.05, 4.69) is 4.98 Å². The number of aromatic nitrogens is 1. The van der Waals surface area contributed by atoms with Crippen LogP contribution in [0.5, 0.6) is 0 Å². The number of likely N-dealkylation sites (tertiary alicyclic amines) is 1. The minimum Gasteiger partial charge on any atom is -0.342 e. The van der Waals surface area contributed by atoms with E-state index in [1.54, 1.807) is 35.5 Å². The van der Waals surface area contributed by atoms with Crippen molar-refractivity contribution in [2.24, 2.45) is 0 Å². The first-order valence-electron chi connectivity index (χ1n) is 8.07. The van der Waals surface area contributed by atoms with Gasteiger partial charge in [-0.15, -0.1) is 0 Å². The zero-order valence-corrected chi connectivity index (χ0v) is 14.5. The maximum Gasteiger partial charge on any atom is 0.243 e. The van der Waals surface area contributed by atoms with Crippen LogP contribution in [0.25, 0.3) is 10.8 Å². The molecule has 1 aliphatic heterocycles. The van der Waals surface area contributed by atoms with Gasteiger partial charge >= 0.3 is 0 Å². The van der Waals surface area contributed by atoms with Gasteiger partial charge in [-0.25, -0.2) is 8.42 Å². The van der Waals surface area contributed by atoms with Crippen LogP contribution in [0.15, 0.2) is 41.6 Å². The zero-order valence-electron chi connectivity index (χ0n) is 13.7. The normalized spacial score (nSPS) is 15.8. The molecular formula is C17H21N3O3S. The van der Waals surface area contributed by atoms with Gasteiger partial charge in [-0.05, 0) is 31.4 Å². The molecule has 1 amide bonds. The van der Waals surface area contributed by atoms with E-state index in [0.29, 0.717) is 18.5 Å². The highest BCUT2D eigenvalue weighted by Crippen LogP contribution is 2.24. The molecular weight excluding hydrogens is 326 g/mol. The summed E-state index contributed by atoms with van der Waals surface area (Å²) in [7, 11) is -2.29. The Hall–Kier alpha value is -1.99. The number of amides is 1. The number of nitrogens with zero attached hydrogens (tertiary/aromatic N) is 3. The van der Waals surface area contributed by atoms with Gasteiger partial charge in [-0.1, -0.05) is 12.1 Å². The van der Waals surface area contributed by atoms with Crippen LogP contribution in [0.3, 0.4) is 0 Å². The summed E-state index contributed by atoms with van der Waals surface area (Å²) in [6, 6.07) is 6.76. The van der Waals surface area contributed by atoms with Crippen molar-refractivity contribution in [3.63, 3.8) is 0 Å². The molecule has 0 bridgehead atoms. The molecule has 0 radical (unpaired) electrons. The van der Waals surface area contributed by atoms with Crippen LogP contribution in [0.2, 0.25) is 0 Å². The number of benzene rings is 1. The third-order valence-corrected chi connectivity index (χ3v) is 6.26. The lowest BCUT2D eigenvalue weighted by Crippen LogP contribution is -2.43. The maximum absolute atomic E-state index is 12.9. The lowest BCUT2D eigenvalue weighted by molar-refractivity contribution is -0.132. The van der Waals surface area contributed by atoms with Crippen molar-refractivity contribution >= 4 is 26.7 Å². The van der Waals surface area contributed by atoms with Crippen LogP contribution in [-0.4, -0.2) is 55.2 Å². The smallest absolute Gasteiger partial charge is 0.243 e. The van der Waals surface area contributed by atoms with Gasteiger partial charge in [0.25, 0.3) is 0 Å². The molecule has 0 aliphatic carbocycles. The van der Waals surface area contributed by atoms with Crippen molar-refractivity contribution in [3.05, 3.63) is 36.7 Å². The minimum atomic E-state index is -3.74. The van der Waals surface area contributed by atoms with E-state index in [9.17, 15) is 13.2 Å². The monoisotopic (exact) mass is 347 g/mol. The molecule has 2 heterocycles. The highest BCUT2D eigenvalue weighted by molar-refractivity contribution is 7.89. The second-order valence-electron chi connectivity index (χ2n) is 6.06. The number of rotatable bonds is 4. The summed E-state index contributed by atoms with van der Waals surface area (Å²) >= 11 is 0. The molecule has 0 N–H and O–H groups in total. The van der Waals surface area contributed by atoms with E-state index < -0.39 is 10.0 Å². The summed E-state index contributed by atoms with van der Waals surface area (Å²) in [5.41, 5.74) is 0. The number of hydrogen-bond acceptors (Lipinski definition) is 4. The number of carbonyl (C=O) groups is 1. The van der Waals surface area contributed by atoms with E-state index in [4.69, 9.17) is 0 Å². The molecule has 24 heavy (non-hydrogen) atoms. The molecule has 1 aliphatic rings. The fraction of sp³-hybridized carbons (Fsp3) is 0.412. The van der Waals surface area contributed by atoms with Crippen LogP contribution >= 0.6 is 0 Å². The van der Waals surface area contributed by atoms with Crippen molar-refractivity contribution < 1.29 is 13.2 Å². The summed E-state index contributed by atoms with van der Waals surface area (Å²) in [6.45, 7) is 1.29. The summed E-state index contributed by atoms with van der Waals surface area (Å²) in [6.07, 6.45) is 6.30. The van der Waals surface area contributed by atoms with Gasteiger partial charge in [0, 0.05) is 43.3 Å². The van der Waals surface area contributed by atoms with Crippen molar-refractivity contribution in [1.29, 1.82) is 0 Å². The summed E-state index contributed by atoms with van der Waals surface area (Å²) < 4.78 is 26.9. The maximum atomic E-state index is 12.9. The quantitative estimate of drug-likeness (QED) is 0.846. The average Bonchev–Trinajstić information content (AvgIpc) is 2.61. The summed E-state index contributed by atoms with van der Waals surface area (Å²) in [5.74, 6) is -0.136. The van der Waals surface area contributed by atoms with Gasteiger partial charge in [0.1, 0.15) is 0 Å². The Morgan fingerprint density at radius 3 is 2.71 bits per heavy atom. The highest BCUT2D eigenvalue weighted by Gasteiger charge is 2.27. The first-order chi connectivity index (χ1) is 11.5. The number of hydrogen-bond donors (Lipinski definition) is 0. The Kier molecular flexibility index (Phi) is 4.82. The first-order valence-corrected chi connectivity index (χ1v) is 9.51. The molecule has 6 nitrogen and oxygen atoms in total. The zero-order chi connectivity index (χ0) is 17.2. The molecule has 128 valence electrons. The Morgan fingerprint density at radius 1 is 1.21 bits per heavy atom. The predicted molar refractivity (Wildman–Crippen MR) is 92.0 cm³/mol. The third-order valence-electron chi connectivity index (χ3n) is 4.40. The Bertz CT molecular complexity index is 840. The highest BCUT2D eigenvalue weighted by atomic mass is 32.2. The van der Waals surface area contributed by atoms with Crippen molar-refractivity contribution in [2.75, 3.05) is 26.7 Å². The fourth-order valence-electron chi connectivity index (χ4n) is 3.00. The summed E-state index contributed by atoms with van der Waals surface area (Å²) in [4.78, 5) is 18.3. The molecule has 1 aromatic carbocycles. The number of piperidine rings is 1.